The number of thioether (sulfide) groups is 1. The first-order chi connectivity index (χ1) is 6.61. The van der Waals surface area contributed by atoms with Crippen LogP contribution in [0.2, 0.25) is 0 Å². The third-order valence-electron chi connectivity index (χ3n) is 2.28. The van der Waals surface area contributed by atoms with Gasteiger partial charge in [0.2, 0.25) is 0 Å². The molecule has 1 nitrogen and oxygen atoms in total. The van der Waals surface area contributed by atoms with Gasteiger partial charge in [-0.3, -0.25) is 4.79 Å². The predicted molar refractivity (Wildman–Crippen MR) is 61.7 cm³/mol. The van der Waals surface area contributed by atoms with Crippen LogP contribution in [0.3, 0.4) is 0 Å². The number of hydrogen-bond donors (Lipinski definition) is 0. The second-order valence-corrected chi connectivity index (χ2v) is 4.65. The molecule has 0 radical (unpaired) electrons. The number of carbonyl (C=O) groups is 1. The van der Waals surface area contributed by atoms with E-state index in [1.54, 1.807) is 18.7 Å². The Morgan fingerprint density at radius 3 is 2.64 bits per heavy atom. The zero-order chi connectivity index (χ0) is 10.6. The molecule has 1 rings (SSSR count). The van der Waals surface area contributed by atoms with Crippen LogP contribution in [-0.4, -0.2) is 11.5 Å². The van der Waals surface area contributed by atoms with Crippen LogP contribution >= 0.6 is 11.8 Å². The SMILES string of the molecule is CC(=O)[C@@H](C)CSc1ccccc1C. The van der Waals surface area contributed by atoms with Gasteiger partial charge in [-0.25, -0.2) is 0 Å². The lowest BCUT2D eigenvalue weighted by Crippen LogP contribution is -2.08. The molecule has 0 spiro atoms. The minimum Gasteiger partial charge on any atom is -0.300 e. The van der Waals surface area contributed by atoms with E-state index in [0.717, 1.165) is 5.75 Å². The molecule has 0 fully saturated rings. The van der Waals surface area contributed by atoms with E-state index in [9.17, 15) is 4.79 Å². The first kappa shape index (κ1) is 11.3. The number of hydrogen-bond acceptors (Lipinski definition) is 2. The minimum atomic E-state index is 0.152. The molecule has 2 heteroatoms. The summed E-state index contributed by atoms with van der Waals surface area (Å²) in [6, 6.07) is 8.27. The Kier molecular flexibility index (Phi) is 4.21. The maximum atomic E-state index is 11.0. The van der Waals surface area contributed by atoms with Crippen molar-refractivity contribution < 1.29 is 4.79 Å². The largest absolute Gasteiger partial charge is 0.300 e. The van der Waals surface area contributed by atoms with Crippen LogP contribution in [0.25, 0.3) is 0 Å². The average molecular weight is 208 g/mol. The molecule has 76 valence electrons. The minimum absolute atomic E-state index is 0.152. The van der Waals surface area contributed by atoms with E-state index in [1.165, 1.54) is 10.5 Å². The van der Waals surface area contributed by atoms with Crippen molar-refractivity contribution in [2.75, 3.05) is 5.75 Å². The molecule has 0 aliphatic rings. The van der Waals surface area contributed by atoms with Gasteiger partial charge in [-0.2, -0.15) is 0 Å². The number of ketones is 1. The van der Waals surface area contributed by atoms with Crippen LogP contribution < -0.4 is 0 Å². The fourth-order valence-corrected chi connectivity index (χ4v) is 2.19. The number of Topliss-reactive ketones (excluding diaryl/α,β-unsaturated/α-hetero) is 1. The highest BCUT2D eigenvalue weighted by Crippen LogP contribution is 2.24. The van der Waals surface area contributed by atoms with Crippen LogP contribution in [0.5, 0.6) is 0 Å². The fraction of sp³-hybridized carbons (Fsp3) is 0.417. The molecule has 0 heterocycles. The van der Waals surface area contributed by atoms with Crippen molar-refractivity contribution in [3.63, 3.8) is 0 Å². The molecule has 0 bridgehead atoms. The van der Waals surface area contributed by atoms with Crippen LogP contribution in [0.1, 0.15) is 19.4 Å². The molecule has 0 aliphatic carbocycles. The number of aryl methyl sites for hydroxylation is 1. The van der Waals surface area contributed by atoms with Gasteiger partial charge in [0.25, 0.3) is 0 Å². The summed E-state index contributed by atoms with van der Waals surface area (Å²) < 4.78 is 0. The molecular formula is C12H16OS. The Balaban J connectivity index is 2.54. The van der Waals surface area contributed by atoms with Gasteiger partial charge in [0.1, 0.15) is 5.78 Å². The van der Waals surface area contributed by atoms with Gasteiger partial charge in [0.15, 0.2) is 0 Å². The molecule has 0 saturated heterocycles. The van der Waals surface area contributed by atoms with E-state index in [4.69, 9.17) is 0 Å². The van der Waals surface area contributed by atoms with Crippen LogP contribution in [0.4, 0.5) is 0 Å². The molecule has 1 aromatic carbocycles. The average Bonchev–Trinajstić information content (AvgIpc) is 2.16. The fourth-order valence-electron chi connectivity index (χ4n) is 1.05. The summed E-state index contributed by atoms with van der Waals surface area (Å²) in [5, 5.41) is 0. The summed E-state index contributed by atoms with van der Waals surface area (Å²) in [6.45, 7) is 5.73. The molecule has 1 aromatic rings. The van der Waals surface area contributed by atoms with Gasteiger partial charge in [-0.1, -0.05) is 25.1 Å². The van der Waals surface area contributed by atoms with E-state index < -0.39 is 0 Å². The summed E-state index contributed by atoms with van der Waals surface area (Å²) >= 11 is 1.76. The van der Waals surface area contributed by atoms with Gasteiger partial charge in [-0.15, -0.1) is 11.8 Å². The zero-order valence-corrected chi connectivity index (χ0v) is 9.73. The lowest BCUT2D eigenvalue weighted by molar-refractivity contribution is -0.119. The van der Waals surface area contributed by atoms with Crippen LogP contribution in [0.15, 0.2) is 29.2 Å². The maximum Gasteiger partial charge on any atom is 0.133 e. The normalized spacial score (nSPS) is 12.5. The first-order valence-electron chi connectivity index (χ1n) is 4.80. The van der Waals surface area contributed by atoms with Crippen LogP contribution in [0, 0.1) is 12.8 Å². The lowest BCUT2D eigenvalue weighted by Gasteiger charge is -2.08. The Bertz CT molecular complexity index is 320. The summed E-state index contributed by atoms with van der Waals surface area (Å²) in [6.07, 6.45) is 0. The molecule has 14 heavy (non-hydrogen) atoms. The van der Waals surface area contributed by atoms with E-state index in [-0.39, 0.29) is 11.7 Å². The van der Waals surface area contributed by atoms with E-state index in [1.807, 2.05) is 19.1 Å². The zero-order valence-electron chi connectivity index (χ0n) is 8.91. The number of carbonyl (C=O) groups excluding carboxylic acids is 1. The Morgan fingerprint density at radius 1 is 1.43 bits per heavy atom. The summed E-state index contributed by atoms with van der Waals surface area (Å²) in [7, 11) is 0. The van der Waals surface area contributed by atoms with Gasteiger partial charge in [0, 0.05) is 16.6 Å². The van der Waals surface area contributed by atoms with Gasteiger partial charge in [0.05, 0.1) is 0 Å². The quantitative estimate of drug-likeness (QED) is 0.706. The first-order valence-corrected chi connectivity index (χ1v) is 5.78. The highest BCUT2D eigenvalue weighted by Gasteiger charge is 2.08. The maximum absolute atomic E-state index is 11.0. The molecule has 0 aliphatic heterocycles. The van der Waals surface area contributed by atoms with E-state index >= 15 is 0 Å². The van der Waals surface area contributed by atoms with Crippen molar-refractivity contribution in [1.82, 2.24) is 0 Å². The van der Waals surface area contributed by atoms with E-state index in [2.05, 4.69) is 19.1 Å². The van der Waals surface area contributed by atoms with Crippen molar-refractivity contribution in [1.29, 1.82) is 0 Å². The standard InChI is InChI=1S/C12H16OS/c1-9-6-4-5-7-12(9)14-8-10(2)11(3)13/h4-7,10H,8H2,1-3H3/t10-/m0/s1. The Labute approximate surface area is 89.9 Å². The van der Waals surface area contributed by atoms with Crippen molar-refractivity contribution in [3.8, 4) is 0 Å². The third kappa shape index (κ3) is 3.18. The summed E-state index contributed by atoms with van der Waals surface area (Å²) in [5.74, 6) is 1.30. The van der Waals surface area contributed by atoms with Crippen LogP contribution in [-0.2, 0) is 4.79 Å². The van der Waals surface area contributed by atoms with Crippen molar-refractivity contribution >= 4 is 17.5 Å². The molecule has 0 saturated carbocycles. The molecule has 0 aromatic heterocycles. The third-order valence-corrected chi connectivity index (χ3v) is 3.71. The molecular weight excluding hydrogens is 192 g/mol. The van der Waals surface area contributed by atoms with Crippen molar-refractivity contribution in [2.45, 2.75) is 25.7 Å². The molecule has 0 unspecified atom stereocenters. The predicted octanol–water partition coefficient (Wildman–Crippen LogP) is 3.31. The molecule has 0 amide bonds. The molecule has 1 atom stereocenters. The Morgan fingerprint density at radius 2 is 2.07 bits per heavy atom. The van der Waals surface area contributed by atoms with Gasteiger partial charge >= 0.3 is 0 Å². The lowest BCUT2D eigenvalue weighted by atomic mass is 10.1. The number of benzene rings is 1. The smallest absolute Gasteiger partial charge is 0.133 e. The summed E-state index contributed by atoms with van der Waals surface area (Å²) in [5.41, 5.74) is 1.29. The van der Waals surface area contributed by atoms with E-state index in [0.29, 0.717) is 0 Å². The van der Waals surface area contributed by atoms with Crippen molar-refractivity contribution in [3.05, 3.63) is 29.8 Å². The van der Waals surface area contributed by atoms with Crippen molar-refractivity contribution in [2.24, 2.45) is 5.92 Å². The van der Waals surface area contributed by atoms with Gasteiger partial charge in [-0.05, 0) is 25.5 Å². The summed E-state index contributed by atoms with van der Waals surface area (Å²) in [4.78, 5) is 12.3. The molecule has 0 N–H and O–H groups in total. The highest BCUT2D eigenvalue weighted by molar-refractivity contribution is 7.99. The highest BCUT2D eigenvalue weighted by atomic mass is 32.2. The topological polar surface area (TPSA) is 17.1 Å². The monoisotopic (exact) mass is 208 g/mol. The Hall–Kier alpha value is -0.760. The second-order valence-electron chi connectivity index (χ2n) is 3.59. The second kappa shape index (κ2) is 5.20. The van der Waals surface area contributed by atoms with Gasteiger partial charge < -0.3 is 0 Å². The number of rotatable bonds is 4.